The van der Waals surface area contributed by atoms with Gasteiger partial charge in [-0.1, -0.05) is 18.9 Å². The Balaban J connectivity index is 2.34. The van der Waals surface area contributed by atoms with Gasteiger partial charge in [0.25, 0.3) is 5.09 Å². The lowest BCUT2D eigenvalue weighted by molar-refractivity contribution is -0.757. The molecule has 24 heavy (non-hydrogen) atoms. The third-order valence-corrected chi connectivity index (χ3v) is 3.10. The fraction of sp³-hybridized carbons (Fsp3) is 0.438. The molecule has 1 rings (SSSR count). The number of methoxy groups -OCH3 is 1. The third kappa shape index (κ3) is 8.02. The van der Waals surface area contributed by atoms with Gasteiger partial charge in [0.1, 0.15) is 0 Å². The molecule has 8 heteroatoms. The number of hydrogen-bond donors (Lipinski definition) is 1. The molecule has 0 spiro atoms. The normalized spacial score (nSPS) is 10.5. The Bertz CT molecular complexity index is 572. The molecule has 0 saturated heterocycles. The van der Waals surface area contributed by atoms with Gasteiger partial charge in [0.2, 0.25) is 0 Å². The van der Waals surface area contributed by atoms with Gasteiger partial charge in [-0.3, -0.25) is 0 Å². The third-order valence-electron chi connectivity index (χ3n) is 3.10. The monoisotopic (exact) mass is 339 g/mol. The van der Waals surface area contributed by atoms with Crippen molar-refractivity contribution < 1.29 is 29.3 Å². The molecular formula is C16H21NO7. The van der Waals surface area contributed by atoms with Gasteiger partial charge in [0, 0.05) is 6.08 Å². The van der Waals surface area contributed by atoms with Gasteiger partial charge in [-0.25, -0.2) is 4.79 Å². The summed E-state index contributed by atoms with van der Waals surface area (Å²) < 4.78 is 10.9. The first-order valence-corrected chi connectivity index (χ1v) is 7.52. The van der Waals surface area contributed by atoms with Gasteiger partial charge < -0.3 is 19.4 Å². The van der Waals surface area contributed by atoms with Gasteiger partial charge in [-0.05, 0) is 36.6 Å². The summed E-state index contributed by atoms with van der Waals surface area (Å²) in [6, 6.07) is 5.17. The zero-order valence-corrected chi connectivity index (χ0v) is 13.5. The van der Waals surface area contributed by atoms with E-state index in [1.807, 2.05) is 0 Å². The topological polar surface area (TPSA) is 108 Å². The van der Waals surface area contributed by atoms with E-state index < -0.39 is 11.1 Å². The summed E-state index contributed by atoms with van der Waals surface area (Å²) in [5.41, 5.74) is 0.701. The predicted molar refractivity (Wildman–Crippen MR) is 86.6 cm³/mol. The number of carbonyl (C=O) groups is 1. The zero-order valence-electron chi connectivity index (χ0n) is 13.5. The number of ether oxygens (including phenoxy) is 2. The number of benzene rings is 1. The minimum Gasteiger partial charge on any atom is -0.493 e. The smallest absolute Gasteiger partial charge is 0.328 e. The summed E-state index contributed by atoms with van der Waals surface area (Å²) >= 11 is 0. The van der Waals surface area contributed by atoms with Crippen LogP contribution in [0.2, 0.25) is 0 Å². The Morgan fingerprint density at radius 3 is 2.54 bits per heavy atom. The number of unbranched alkanes of at least 4 members (excludes halogenated alkanes) is 3. The summed E-state index contributed by atoms with van der Waals surface area (Å²) in [5, 5.41) is 17.8. The predicted octanol–water partition coefficient (Wildman–Crippen LogP) is 2.94. The Kier molecular flexibility index (Phi) is 8.73. The summed E-state index contributed by atoms with van der Waals surface area (Å²) in [7, 11) is 1.52. The van der Waals surface area contributed by atoms with E-state index in [0.717, 1.165) is 25.3 Å². The van der Waals surface area contributed by atoms with E-state index in [1.54, 1.807) is 18.2 Å². The van der Waals surface area contributed by atoms with Crippen molar-refractivity contribution in [2.45, 2.75) is 25.7 Å². The Hall–Kier alpha value is -2.77. The molecule has 0 heterocycles. The van der Waals surface area contributed by atoms with Crippen LogP contribution in [-0.2, 0) is 9.63 Å². The standard InChI is InChI=1S/C16H21NO7/c1-22-15-12-13(7-9-16(18)19)6-8-14(15)23-10-4-2-3-5-11-24-17(20)21/h6-9,12H,2-5,10-11H2,1H3,(H,18,19)/b9-7+. The van der Waals surface area contributed by atoms with E-state index in [2.05, 4.69) is 4.84 Å². The van der Waals surface area contributed by atoms with Gasteiger partial charge in [0.15, 0.2) is 11.5 Å². The van der Waals surface area contributed by atoms with Gasteiger partial charge >= 0.3 is 5.97 Å². The highest BCUT2D eigenvalue weighted by Crippen LogP contribution is 2.28. The average Bonchev–Trinajstić information content (AvgIpc) is 2.55. The minimum atomic E-state index is -1.02. The molecule has 1 aromatic carbocycles. The molecule has 0 unspecified atom stereocenters. The summed E-state index contributed by atoms with van der Waals surface area (Å²) in [4.78, 5) is 24.7. The fourth-order valence-corrected chi connectivity index (χ4v) is 1.95. The molecule has 1 N–H and O–H groups in total. The molecule has 1 aromatic rings. The van der Waals surface area contributed by atoms with Crippen LogP contribution >= 0.6 is 0 Å². The second kappa shape index (κ2) is 10.9. The fourth-order valence-electron chi connectivity index (χ4n) is 1.95. The van der Waals surface area contributed by atoms with E-state index in [1.165, 1.54) is 13.2 Å². The number of carboxylic acids is 1. The lowest BCUT2D eigenvalue weighted by Crippen LogP contribution is -2.03. The van der Waals surface area contributed by atoms with Crippen LogP contribution in [0.25, 0.3) is 6.08 Å². The van der Waals surface area contributed by atoms with Crippen molar-refractivity contribution in [3.05, 3.63) is 40.0 Å². The molecule has 0 aliphatic rings. The maximum atomic E-state index is 10.5. The molecule has 0 aromatic heterocycles. The summed E-state index contributed by atoms with van der Waals surface area (Å²) in [5.74, 6) is 0.0986. The summed E-state index contributed by atoms with van der Waals surface area (Å²) in [6.07, 6.45) is 5.67. The molecule has 0 fully saturated rings. The highest BCUT2D eigenvalue weighted by Gasteiger charge is 2.05. The lowest BCUT2D eigenvalue weighted by Gasteiger charge is -2.11. The maximum absolute atomic E-state index is 10.5. The minimum absolute atomic E-state index is 0.118. The highest BCUT2D eigenvalue weighted by atomic mass is 16.9. The van der Waals surface area contributed by atoms with Crippen LogP contribution in [0.1, 0.15) is 31.2 Å². The highest BCUT2D eigenvalue weighted by molar-refractivity contribution is 5.85. The first kappa shape index (κ1) is 19.3. The van der Waals surface area contributed by atoms with Crippen molar-refractivity contribution in [2.75, 3.05) is 20.3 Å². The SMILES string of the molecule is COc1cc(/C=C/C(=O)O)ccc1OCCCCCCO[N+](=O)[O-]. The zero-order chi connectivity index (χ0) is 17.8. The van der Waals surface area contributed by atoms with Crippen LogP contribution in [0, 0.1) is 10.1 Å². The van der Waals surface area contributed by atoms with Crippen LogP contribution in [0.3, 0.4) is 0 Å². The summed E-state index contributed by atoms with van der Waals surface area (Å²) in [6.45, 7) is 0.615. The van der Waals surface area contributed by atoms with E-state index in [9.17, 15) is 14.9 Å². The van der Waals surface area contributed by atoms with Crippen LogP contribution < -0.4 is 9.47 Å². The Morgan fingerprint density at radius 1 is 1.21 bits per heavy atom. The Labute approximate surface area is 139 Å². The number of hydrogen-bond acceptors (Lipinski definition) is 6. The first-order chi connectivity index (χ1) is 11.5. The van der Waals surface area contributed by atoms with E-state index in [-0.39, 0.29) is 6.61 Å². The van der Waals surface area contributed by atoms with Gasteiger partial charge in [-0.2, -0.15) is 0 Å². The number of carboxylic acid groups (broad SMARTS) is 1. The second-order valence-corrected chi connectivity index (χ2v) is 4.90. The van der Waals surface area contributed by atoms with E-state index >= 15 is 0 Å². The lowest BCUT2D eigenvalue weighted by atomic mass is 10.2. The number of rotatable bonds is 12. The van der Waals surface area contributed by atoms with E-state index in [4.69, 9.17) is 14.6 Å². The van der Waals surface area contributed by atoms with Crippen LogP contribution in [-0.4, -0.2) is 36.5 Å². The number of nitrogens with zero attached hydrogens (tertiary/aromatic N) is 1. The van der Waals surface area contributed by atoms with Crippen molar-refractivity contribution in [3.63, 3.8) is 0 Å². The Morgan fingerprint density at radius 2 is 1.92 bits per heavy atom. The maximum Gasteiger partial charge on any atom is 0.328 e. The van der Waals surface area contributed by atoms with Crippen LogP contribution in [0.5, 0.6) is 11.5 Å². The van der Waals surface area contributed by atoms with Crippen molar-refractivity contribution >= 4 is 12.0 Å². The van der Waals surface area contributed by atoms with Gasteiger partial charge in [0.05, 0.1) is 20.3 Å². The van der Waals surface area contributed by atoms with Gasteiger partial charge in [-0.15, -0.1) is 10.1 Å². The van der Waals surface area contributed by atoms with E-state index in [0.29, 0.717) is 30.1 Å². The molecule has 0 amide bonds. The van der Waals surface area contributed by atoms with Crippen molar-refractivity contribution in [3.8, 4) is 11.5 Å². The first-order valence-electron chi connectivity index (χ1n) is 7.52. The molecule has 8 nitrogen and oxygen atoms in total. The molecule has 0 bridgehead atoms. The molecular weight excluding hydrogens is 318 g/mol. The quantitative estimate of drug-likeness (QED) is 0.270. The molecule has 0 aliphatic heterocycles. The average molecular weight is 339 g/mol. The van der Waals surface area contributed by atoms with Crippen molar-refractivity contribution in [1.82, 2.24) is 0 Å². The largest absolute Gasteiger partial charge is 0.493 e. The molecule has 0 radical (unpaired) electrons. The number of aliphatic carboxylic acids is 1. The molecule has 132 valence electrons. The molecule has 0 atom stereocenters. The molecule has 0 aliphatic carbocycles. The second-order valence-electron chi connectivity index (χ2n) is 4.90. The van der Waals surface area contributed by atoms with Crippen LogP contribution in [0.4, 0.5) is 0 Å². The van der Waals surface area contributed by atoms with Crippen molar-refractivity contribution in [2.24, 2.45) is 0 Å². The van der Waals surface area contributed by atoms with Crippen LogP contribution in [0.15, 0.2) is 24.3 Å². The van der Waals surface area contributed by atoms with Crippen molar-refractivity contribution in [1.29, 1.82) is 0 Å². The molecule has 0 saturated carbocycles.